The van der Waals surface area contributed by atoms with Crippen LogP contribution in [-0.2, 0) is 20.7 Å². The van der Waals surface area contributed by atoms with Crippen molar-refractivity contribution < 1.29 is 18.7 Å². The molecule has 0 aliphatic carbocycles. The maximum atomic E-state index is 12.5. The fourth-order valence-electron chi connectivity index (χ4n) is 3.44. The number of piperidine rings is 1. The van der Waals surface area contributed by atoms with Crippen LogP contribution < -0.4 is 0 Å². The number of amides is 1. The second-order valence-electron chi connectivity index (χ2n) is 6.51. The van der Waals surface area contributed by atoms with Gasteiger partial charge in [-0.15, -0.1) is 0 Å². The van der Waals surface area contributed by atoms with Gasteiger partial charge in [-0.3, -0.25) is 4.79 Å². The minimum absolute atomic E-state index is 0.0822. The smallest absolute Gasteiger partial charge is 0.228 e. The number of nitrogens with zero attached hydrogens (tertiary/aromatic N) is 2. The Morgan fingerprint density at radius 2 is 1.84 bits per heavy atom. The summed E-state index contributed by atoms with van der Waals surface area (Å²) in [5.74, 6) is 1.04. The van der Waals surface area contributed by atoms with Crippen LogP contribution in [0.2, 0.25) is 0 Å². The van der Waals surface area contributed by atoms with Gasteiger partial charge in [-0.1, -0.05) is 18.2 Å². The second kappa shape index (κ2) is 7.37. The number of aromatic nitrogens is 1. The third-order valence-corrected chi connectivity index (χ3v) is 4.83. The van der Waals surface area contributed by atoms with E-state index in [1.54, 1.807) is 6.26 Å². The van der Waals surface area contributed by atoms with Crippen LogP contribution in [0.1, 0.15) is 18.5 Å². The molecule has 1 aromatic heterocycles. The fourth-order valence-corrected chi connectivity index (χ4v) is 3.44. The van der Waals surface area contributed by atoms with E-state index >= 15 is 0 Å². The first kappa shape index (κ1) is 16.3. The minimum Gasteiger partial charge on any atom is -0.444 e. The molecule has 6 heteroatoms. The zero-order valence-electron chi connectivity index (χ0n) is 14.1. The Bertz CT molecular complexity index is 701. The molecule has 1 aromatic carbocycles. The van der Waals surface area contributed by atoms with Crippen LogP contribution in [0.15, 0.2) is 41.0 Å². The number of hydrogen-bond donors (Lipinski definition) is 0. The monoisotopic (exact) mass is 342 g/mol. The molecule has 0 spiro atoms. The topological polar surface area (TPSA) is 64.8 Å². The number of likely N-dealkylation sites (tertiary alicyclic amines) is 1. The van der Waals surface area contributed by atoms with E-state index in [0.29, 0.717) is 30.7 Å². The number of rotatable bonds is 4. The van der Waals surface area contributed by atoms with Crippen molar-refractivity contribution in [1.82, 2.24) is 9.88 Å². The molecule has 2 saturated heterocycles. The number of oxazole rings is 1. The third kappa shape index (κ3) is 3.75. The lowest BCUT2D eigenvalue weighted by Gasteiger charge is -2.33. The van der Waals surface area contributed by atoms with Crippen molar-refractivity contribution in [3.8, 4) is 11.5 Å². The first-order chi connectivity index (χ1) is 12.3. The van der Waals surface area contributed by atoms with Crippen molar-refractivity contribution in [2.75, 3.05) is 26.3 Å². The summed E-state index contributed by atoms with van der Waals surface area (Å²) in [6.07, 6.45) is 3.61. The van der Waals surface area contributed by atoms with Gasteiger partial charge in [0.05, 0.1) is 25.3 Å². The van der Waals surface area contributed by atoms with Crippen LogP contribution in [0.4, 0.5) is 0 Å². The molecule has 25 heavy (non-hydrogen) atoms. The van der Waals surface area contributed by atoms with Gasteiger partial charge in [-0.2, -0.15) is 0 Å². The summed E-state index contributed by atoms with van der Waals surface area (Å²) >= 11 is 0. The number of carbonyl (C=O) groups is 1. The van der Waals surface area contributed by atoms with Gasteiger partial charge in [0.15, 0.2) is 6.29 Å². The molecule has 0 atom stereocenters. The normalized spacial score (nSPS) is 19.4. The Hall–Kier alpha value is -2.18. The van der Waals surface area contributed by atoms with E-state index in [-0.39, 0.29) is 18.6 Å². The van der Waals surface area contributed by atoms with Gasteiger partial charge in [-0.25, -0.2) is 4.98 Å². The zero-order chi connectivity index (χ0) is 17.1. The van der Waals surface area contributed by atoms with Gasteiger partial charge >= 0.3 is 0 Å². The molecule has 2 aliphatic rings. The average molecular weight is 342 g/mol. The molecule has 0 bridgehead atoms. The third-order valence-electron chi connectivity index (χ3n) is 4.83. The predicted molar refractivity (Wildman–Crippen MR) is 90.6 cm³/mol. The van der Waals surface area contributed by atoms with Crippen molar-refractivity contribution in [2.24, 2.45) is 5.92 Å². The lowest BCUT2D eigenvalue weighted by atomic mass is 9.96. The van der Waals surface area contributed by atoms with Gasteiger partial charge in [0.2, 0.25) is 11.8 Å². The Labute approximate surface area is 146 Å². The minimum atomic E-state index is -0.0822. The molecule has 0 unspecified atom stereocenters. The molecule has 0 saturated carbocycles. The molecule has 2 fully saturated rings. The Morgan fingerprint density at radius 1 is 1.12 bits per heavy atom. The van der Waals surface area contributed by atoms with Crippen molar-refractivity contribution in [1.29, 1.82) is 0 Å². The Balaban J connectivity index is 1.31. The van der Waals surface area contributed by atoms with Crippen LogP contribution in [-0.4, -0.2) is 48.4 Å². The summed E-state index contributed by atoms with van der Waals surface area (Å²) in [5, 5.41) is 0. The van der Waals surface area contributed by atoms with E-state index in [2.05, 4.69) is 4.98 Å². The molecular formula is C19H22N2O4. The molecule has 1 amide bonds. The van der Waals surface area contributed by atoms with Crippen LogP contribution in [0, 0.1) is 5.92 Å². The number of hydrogen-bond acceptors (Lipinski definition) is 5. The van der Waals surface area contributed by atoms with E-state index < -0.39 is 0 Å². The summed E-state index contributed by atoms with van der Waals surface area (Å²) < 4.78 is 16.7. The lowest BCUT2D eigenvalue weighted by Crippen LogP contribution is -2.42. The second-order valence-corrected chi connectivity index (χ2v) is 6.51. The average Bonchev–Trinajstić information content (AvgIpc) is 3.35. The van der Waals surface area contributed by atoms with Crippen molar-refractivity contribution in [2.45, 2.75) is 25.6 Å². The summed E-state index contributed by atoms with van der Waals surface area (Å²) in [4.78, 5) is 18.9. The fraction of sp³-hybridized carbons (Fsp3) is 0.474. The van der Waals surface area contributed by atoms with E-state index in [9.17, 15) is 4.79 Å². The quantitative estimate of drug-likeness (QED) is 0.854. The van der Waals surface area contributed by atoms with Gasteiger partial charge < -0.3 is 18.8 Å². The highest BCUT2D eigenvalue weighted by Gasteiger charge is 2.31. The van der Waals surface area contributed by atoms with Crippen LogP contribution in [0.3, 0.4) is 0 Å². The predicted octanol–water partition coefficient (Wildman–Crippen LogP) is 2.50. The van der Waals surface area contributed by atoms with Crippen molar-refractivity contribution >= 4 is 5.91 Å². The van der Waals surface area contributed by atoms with Gasteiger partial charge in [0.1, 0.15) is 6.26 Å². The van der Waals surface area contributed by atoms with Gasteiger partial charge in [-0.05, 0) is 25.0 Å². The largest absolute Gasteiger partial charge is 0.444 e. The van der Waals surface area contributed by atoms with Gasteiger partial charge in [0.25, 0.3) is 0 Å². The highest BCUT2D eigenvalue weighted by atomic mass is 16.7. The van der Waals surface area contributed by atoms with Gasteiger partial charge in [0, 0.05) is 24.6 Å². The molecule has 4 rings (SSSR count). The molecule has 2 aliphatic heterocycles. The van der Waals surface area contributed by atoms with E-state index in [1.807, 2.05) is 35.2 Å². The maximum Gasteiger partial charge on any atom is 0.228 e. The number of carbonyl (C=O) groups excluding carboxylic acids is 1. The Morgan fingerprint density at radius 3 is 2.56 bits per heavy atom. The lowest BCUT2D eigenvalue weighted by molar-refractivity contribution is -0.136. The van der Waals surface area contributed by atoms with Crippen molar-refractivity contribution in [3.05, 3.63) is 42.3 Å². The molecular weight excluding hydrogens is 320 g/mol. The van der Waals surface area contributed by atoms with Crippen LogP contribution in [0.5, 0.6) is 0 Å². The van der Waals surface area contributed by atoms with E-state index in [0.717, 1.165) is 31.5 Å². The Kier molecular flexibility index (Phi) is 4.81. The number of ether oxygens (including phenoxy) is 2. The van der Waals surface area contributed by atoms with Crippen LogP contribution >= 0.6 is 0 Å². The first-order valence-electron chi connectivity index (χ1n) is 8.80. The van der Waals surface area contributed by atoms with E-state index in [1.165, 1.54) is 0 Å². The van der Waals surface area contributed by atoms with E-state index in [4.69, 9.17) is 13.9 Å². The molecule has 0 N–H and O–H groups in total. The maximum absolute atomic E-state index is 12.5. The summed E-state index contributed by atoms with van der Waals surface area (Å²) in [7, 11) is 0. The molecule has 6 nitrogen and oxygen atoms in total. The molecule has 2 aromatic rings. The SMILES string of the molecule is O=C(Cc1coc(-c2ccccc2)n1)N1CCC(C2OCCO2)CC1. The van der Waals surface area contributed by atoms with Crippen molar-refractivity contribution in [3.63, 3.8) is 0 Å². The molecule has 3 heterocycles. The summed E-state index contributed by atoms with van der Waals surface area (Å²) in [5.41, 5.74) is 1.59. The summed E-state index contributed by atoms with van der Waals surface area (Å²) in [6.45, 7) is 2.85. The highest BCUT2D eigenvalue weighted by molar-refractivity contribution is 5.78. The number of benzene rings is 1. The highest BCUT2D eigenvalue weighted by Crippen LogP contribution is 2.26. The zero-order valence-corrected chi connectivity index (χ0v) is 14.1. The van der Waals surface area contributed by atoms with Crippen LogP contribution in [0.25, 0.3) is 11.5 Å². The molecule has 132 valence electrons. The summed E-state index contributed by atoms with van der Waals surface area (Å²) in [6, 6.07) is 9.70. The first-order valence-corrected chi connectivity index (χ1v) is 8.80. The molecule has 0 radical (unpaired) electrons. The standard InChI is InChI=1S/C19H22N2O4/c22-17(21-8-6-15(7-9-21)19-23-10-11-24-19)12-16-13-25-18(20-16)14-4-2-1-3-5-14/h1-5,13,15,19H,6-12H2.